The Bertz CT molecular complexity index is 766. The fraction of sp³-hybridized carbons (Fsp3) is 0.500. The average molecular weight is 389 g/mol. The molecule has 1 amide bonds. The summed E-state index contributed by atoms with van der Waals surface area (Å²) < 4.78 is 30.0. The number of benzene rings is 1. The molecule has 1 aliphatic heterocycles. The molecule has 1 aliphatic rings. The normalized spacial score (nSPS) is 18.6. The maximum Gasteiger partial charge on any atom is 0.339 e. The zero-order valence-electron chi connectivity index (χ0n) is 14.1. The van der Waals surface area contributed by atoms with E-state index < -0.39 is 21.9 Å². The molecule has 1 fully saturated rings. The second-order valence-corrected chi connectivity index (χ2v) is 8.44. The number of sulfonamides is 1. The quantitative estimate of drug-likeness (QED) is 0.780. The van der Waals surface area contributed by atoms with E-state index in [1.807, 2.05) is 0 Å². The Balaban J connectivity index is 2.10. The number of anilines is 1. The molecule has 1 aromatic carbocycles. The number of rotatable bonds is 5. The van der Waals surface area contributed by atoms with E-state index in [-0.39, 0.29) is 28.8 Å². The van der Waals surface area contributed by atoms with Crippen LogP contribution in [0.5, 0.6) is 0 Å². The van der Waals surface area contributed by atoms with Gasteiger partial charge in [-0.05, 0) is 38.0 Å². The number of carbonyl (C=O) groups is 2. The third-order valence-electron chi connectivity index (χ3n) is 4.15. The van der Waals surface area contributed by atoms with Crippen LogP contribution >= 0.6 is 11.6 Å². The maximum absolute atomic E-state index is 12.5. The van der Waals surface area contributed by atoms with Gasteiger partial charge in [0.05, 0.1) is 29.4 Å². The summed E-state index contributed by atoms with van der Waals surface area (Å²) in [5, 5.41) is 2.95. The molecule has 1 N–H and O–H groups in total. The van der Waals surface area contributed by atoms with E-state index in [0.717, 1.165) is 0 Å². The monoisotopic (exact) mass is 388 g/mol. The molecule has 0 spiro atoms. The summed E-state index contributed by atoms with van der Waals surface area (Å²) in [7, 11) is -2.07. The maximum atomic E-state index is 12.5. The van der Waals surface area contributed by atoms with E-state index in [1.165, 1.54) is 23.5 Å². The van der Waals surface area contributed by atoms with Crippen LogP contribution in [0.2, 0.25) is 5.02 Å². The number of ether oxygens (including phenoxy) is 1. The van der Waals surface area contributed by atoms with E-state index in [9.17, 15) is 18.0 Å². The lowest BCUT2D eigenvalue weighted by molar-refractivity contribution is -0.120. The summed E-state index contributed by atoms with van der Waals surface area (Å²) in [6.07, 6.45) is 1.24. The Kier molecular flexibility index (Phi) is 6.42. The van der Waals surface area contributed by atoms with Crippen molar-refractivity contribution in [2.45, 2.75) is 19.8 Å². The Morgan fingerprint density at radius 3 is 2.76 bits per heavy atom. The Labute approximate surface area is 152 Å². The molecule has 0 aromatic heterocycles. The molecule has 1 saturated heterocycles. The number of hydrogen-bond acceptors (Lipinski definition) is 5. The third-order valence-corrected chi connectivity index (χ3v) is 6.33. The Morgan fingerprint density at radius 2 is 2.12 bits per heavy atom. The van der Waals surface area contributed by atoms with Gasteiger partial charge in [0.15, 0.2) is 0 Å². The second kappa shape index (κ2) is 8.16. The lowest BCUT2D eigenvalue weighted by atomic mass is 9.98. The predicted molar refractivity (Wildman–Crippen MR) is 95.2 cm³/mol. The number of esters is 1. The fourth-order valence-corrected chi connectivity index (χ4v) is 4.08. The largest absolute Gasteiger partial charge is 0.465 e. The predicted octanol–water partition coefficient (Wildman–Crippen LogP) is 2.13. The van der Waals surface area contributed by atoms with Crippen LogP contribution in [-0.4, -0.2) is 50.6 Å². The van der Waals surface area contributed by atoms with Crippen molar-refractivity contribution < 1.29 is 22.7 Å². The number of nitrogens with zero attached hydrogens (tertiary/aromatic N) is 1. The second-order valence-electron chi connectivity index (χ2n) is 5.77. The Hall–Kier alpha value is -1.64. The van der Waals surface area contributed by atoms with Crippen LogP contribution in [-0.2, 0) is 19.6 Å². The van der Waals surface area contributed by atoms with E-state index in [2.05, 4.69) is 10.1 Å². The van der Waals surface area contributed by atoms with Crippen molar-refractivity contribution in [2.75, 3.05) is 31.3 Å². The van der Waals surface area contributed by atoms with Gasteiger partial charge in [0, 0.05) is 18.8 Å². The number of nitrogens with one attached hydrogen (secondary N) is 1. The van der Waals surface area contributed by atoms with Crippen molar-refractivity contribution in [3.63, 3.8) is 0 Å². The summed E-state index contributed by atoms with van der Waals surface area (Å²) >= 11 is 5.95. The zero-order valence-corrected chi connectivity index (χ0v) is 15.7. The van der Waals surface area contributed by atoms with Gasteiger partial charge in [0.1, 0.15) is 0 Å². The van der Waals surface area contributed by atoms with Crippen LogP contribution in [0, 0.1) is 5.92 Å². The summed E-state index contributed by atoms with van der Waals surface area (Å²) in [6, 6.07) is 4.52. The number of piperidine rings is 1. The molecule has 0 aliphatic carbocycles. The van der Waals surface area contributed by atoms with Gasteiger partial charge >= 0.3 is 5.97 Å². The van der Waals surface area contributed by atoms with E-state index in [4.69, 9.17) is 11.6 Å². The SMILES string of the molecule is CCS(=O)(=O)N1CCC[C@@H](C(=O)Nc2ccc(Cl)c(C(=O)OC)c2)C1. The van der Waals surface area contributed by atoms with E-state index >= 15 is 0 Å². The summed E-state index contributed by atoms with van der Waals surface area (Å²) in [5.41, 5.74) is 0.561. The number of carbonyl (C=O) groups excluding carboxylic acids is 2. The van der Waals surface area contributed by atoms with Crippen LogP contribution < -0.4 is 5.32 Å². The van der Waals surface area contributed by atoms with Gasteiger partial charge < -0.3 is 10.1 Å². The molecule has 7 nitrogen and oxygen atoms in total. The van der Waals surface area contributed by atoms with Crippen molar-refractivity contribution in [2.24, 2.45) is 5.92 Å². The summed E-state index contributed by atoms with van der Waals surface area (Å²) in [4.78, 5) is 24.1. The first-order valence-corrected chi connectivity index (χ1v) is 9.93. The highest BCUT2D eigenvalue weighted by Crippen LogP contribution is 2.24. The van der Waals surface area contributed by atoms with Gasteiger partial charge in [-0.25, -0.2) is 17.5 Å². The van der Waals surface area contributed by atoms with E-state index in [1.54, 1.807) is 13.0 Å². The molecule has 2 rings (SSSR count). The van der Waals surface area contributed by atoms with Crippen LogP contribution in [0.25, 0.3) is 0 Å². The molecule has 9 heteroatoms. The van der Waals surface area contributed by atoms with Crippen molar-refractivity contribution in [1.29, 1.82) is 0 Å². The number of hydrogen-bond donors (Lipinski definition) is 1. The van der Waals surface area contributed by atoms with Crippen molar-refractivity contribution in [3.8, 4) is 0 Å². The zero-order chi connectivity index (χ0) is 18.6. The highest BCUT2D eigenvalue weighted by Gasteiger charge is 2.31. The van der Waals surface area contributed by atoms with Gasteiger partial charge in [-0.15, -0.1) is 0 Å². The van der Waals surface area contributed by atoms with Gasteiger partial charge in [-0.2, -0.15) is 0 Å². The van der Waals surface area contributed by atoms with Gasteiger partial charge in [-0.1, -0.05) is 11.6 Å². The van der Waals surface area contributed by atoms with E-state index in [0.29, 0.717) is 25.1 Å². The van der Waals surface area contributed by atoms with Crippen molar-refractivity contribution in [3.05, 3.63) is 28.8 Å². The first-order chi connectivity index (χ1) is 11.8. The number of amides is 1. The molecule has 1 atom stereocenters. The third kappa shape index (κ3) is 4.71. The molecule has 1 aromatic rings. The standard InChI is InChI=1S/C16H21ClN2O5S/c1-3-25(22,23)19-8-4-5-11(10-19)15(20)18-12-6-7-14(17)13(9-12)16(21)24-2/h6-7,9,11H,3-5,8,10H2,1-2H3,(H,18,20)/t11-/m1/s1. The highest BCUT2D eigenvalue weighted by molar-refractivity contribution is 7.89. The first kappa shape index (κ1) is 19.7. The molecule has 0 bridgehead atoms. The molecule has 0 radical (unpaired) electrons. The van der Waals surface area contributed by atoms with Gasteiger partial charge in [0.2, 0.25) is 15.9 Å². The van der Waals surface area contributed by atoms with Crippen LogP contribution in [0.1, 0.15) is 30.1 Å². The van der Waals surface area contributed by atoms with Crippen molar-refractivity contribution in [1.82, 2.24) is 4.31 Å². The molecule has 1 heterocycles. The van der Waals surface area contributed by atoms with Crippen LogP contribution in [0.3, 0.4) is 0 Å². The minimum absolute atomic E-state index is 0.0149. The summed E-state index contributed by atoms with van der Waals surface area (Å²) in [6.45, 7) is 2.19. The van der Waals surface area contributed by atoms with Gasteiger partial charge in [0.25, 0.3) is 0 Å². The van der Waals surface area contributed by atoms with Crippen LogP contribution in [0.4, 0.5) is 5.69 Å². The van der Waals surface area contributed by atoms with Gasteiger partial charge in [-0.3, -0.25) is 4.79 Å². The minimum Gasteiger partial charge on any atom is -0.465 e. The molecule has 138 valence electrons. The molecule has 0 unspecified atom stereocenters. The fourth-order valence-electron chi connectivity index (χ4n) is 2.71. The molecule has 25 heavy (non-hydrogen) atoms. The first-order valence-electron chi connectivity index (χ1n) is 7.95. The smallest absolute Gasteiger partial charge is 0.339 e. The van der Waals surface area contributed by atoms with Crippen molar-refractivity contribution >= 4 is 39.2 Å². The minimum atomic E-state index is -3.31. The average Bonchev–Trinajstić information content (AvgIpc) is 2.62. The lowest BCUT2D eigenvalue weighted by Crippen LogP contribution is -2.44. The topological polar surface area (TPSA) is 92.8 Å². The Morgan fingerprint density at radius 1 is 1.40 bits per heavy atom. The molecular weight excluding hydrogens is 368 g/mol. The number of methoxy groups -OCH3 is 1. The lowest BCUT2D eigenvalue weighted by Gasteiger charge is -2.30. The van der Waals surface area contributed by atoms with Crippen LogP contribution in [0.15, 0.2) is 18.2 Å². The molecular formula is C16H21ClN2O5S. The number of halogens is 1. The highest BCUT2D eigenvalue weighted by atomic mass is 35.5. The molecule has 0 saturated carbocycles. The summed E-state index contributed by atoms with van der Waals surface area (Å²) in [5.74, 6) is -1.30.